The largest absolute Gasteiger partial charge is 0.478 e. The van der Waals surface area contributed by atoms with Crippen LogP contribution in [0.1, 0.15) is 23.0 Å². The minimum atomic E-state index is -0.377. The van der Waals surface area contributed by atoms with Gasteiger partial charge in [0.25, 0.3) is 0 Å². The lowest BCUT2D eigenvalue weighted by Crippen LogP contribution is -2.06. The average Bonchev–Trinajstić information content (AvgIpc) is 2.17. The lowest BCUT2D eigenvalue weighted by molar-refractivity contribution is 0.0599. The molecule has 14 heavy (non-hydrogen) atoms. The van der Waals surface area contributed by atoms with Gasteiger partial charge in [0, 0.05) is 6.07 Å². The van der Waals surface area contributed by atoms with E-state index in [0.29, 0.717) is 23.7 Å². The summed E-state index contributed by atoms with van der Waals surface area (Å²) in [4.78, 5) is 15.3. The van der Waals surface area contributed by atoms with E-state index in [1.165, 1.54) is 7.11 Å². The normalized spacial score (nSPS) is 9.64. The second-order valence-electron chi connectivity index (χ2n) is 2.71. The van der Waals surface area contributed by atoms with Gasteiger partial charge in [-0.15, -0.1) is 0 Å². The van der Waals surface area contributed by atoms with Gasteiger partial charge in [-0.3, -0.25) is 0 Å². The van der Waals surface area contributed by atoms with Crippen molar-refractivity contribution in [1.82, 2.24) is 4.98 Å². The first-order valence-electron chi connectivity index (χ1n) is 4.37. The van der Waals surface area contributed by atoms with Crippen molar-refractivity contribution in [3.8, 4) is 5.88 Å². The fourth-order valence-electron chi connectivity index (χ4n) is 1.09. The second kappa shape index (κ2) is 4.60. The Kier molecular flexibility index (Phi) is 3.45. The lowest BCUT2D eigenvalue weighted by atomic mass is 10.2. The molecule has 0 amide bonds. The van der Waals surface area contributed by atoms with Crippen LogP contribution in [0, 0.1) is 6.92 Å². The topological polar surface area (TPSA) is 48.4 Å². The number of carbonyl (C=O) groups excluding carboxylic acids is 1. The number of esters is 1. The standard InChI is InChI=1S/C10H13NO3/c1-4-14-9-6-5-8(7(2)11-9)10(12)13-3/h5-6H,4H2,1-3H3. The van der Waals surface area contributed by atoms with Crippen molar-refractivity contribution >= 4 is 5.97 Å². The van der Waals surface area contributed by atoms with Crippen LogP contribution in [0.2, 0.25) is 0 Å². The Labute approximate surface area is 82.9 Å². The zero-order valence-electron chi connectivity index (χ0n) is 8.53. The number of aryl methyl sites for hydroxylation is 1. The maximum Gasteiger partial charge on any atom is 0.339 e. The number of methoxy groups -OCH3 is 1. The van der Waals surface area contributed by atoms with Gasteiger partial charge in [0.05, 0.1) is 25.0 Å². The Balaban J connectivity index is 2.95. The highest BCUT2D eigenvalue weighted by atomic mass is 16.5. The van der Waals surface area contributed by atoms with Crippen LogP contribution in [-0.4, -0.2) is 24.7 Å². The van der Waals surface area contributed by atoms with Gasteiger partial charge in [-0.2, -0.15) is 0 Å². The predicted molar refractivity (Wildman–Crippen MR) is 51.5 cm³/mol. The molecule has 1 heterocycles. The maximum absolute atomic E-state index is 11.2. The molecule has 1 aromatic heterocycles. The van der Waals surface area contributed by atoms with E-state index >= 15 is 0 Å². The first-order valence-corrected chi connectivity index (χ1v) is 4.37. The molecule has 0 bridgehead atoms. The molecule has 4 nitrogen and oxygen atoms in total. The lowest BCUT2D eigenvalue weighted by Gasteiger charge is -2.05. The van der Waals surface area contributed by atoms with Crippen molar-refractivity contribution in [2.75, 3.05) is 13.7 Å². The molecule has 0 spiro atoms. The molecule has 0 aliphatic carbocycles. The minimum absolute atomic E-state index is 0.377. The first-order chi connectivity index (χ1) is 6.69. The van der Waals surface area contributed by atoms with Crippen LogP contribution >= 0.6 is 0 Å². The summed E-state index contributed by atoms with van der Waals surface area (Å²) in [7, 11) is 1.35. The molecule has 0 saturated heterocycles. The maximum atomic E-state index is 11.2. The van der Waals surface area contributed by atoms with Crippen LogP contribution in [0.15, 0.2) is 12.1 Å². The number of hydrogen-bond donors (Lipinski definition) is 0. The van der Waals surface area contributed by atoms with Gasteiger partial charge in [0.2, 0.25) is 5.88 Å². The van der Waals surface area contributed by atoms with E-state index < -0.39 is 0 Å². The number of pyridine rings is 1. The van der Waals surface area contributed by atoms with Crippen molar-refractivity contribution in [3.05, 3.63) is 23.4 Å². The Morgan fingerprint density at radius 3 is 2.71 bits per heavy atom. The highest BCUT2D eigenvalue weighted by molar-refractivity contribution is 5.90. The van der Waals surface area contributed by atoms with Crippen LogP contribution in [0.3, 0.4) is 0 Å². The number of ether oxygens (including phenoxy) is 2. The SMILES string of the molecule is CCOc1ccc(C(=O)OC)c(C)n1. The molecule has 76 valence electrons. The Morgan fingerprint density at radius 1 is 1.50 bits per heavy atom. The summed E-state index contributed by atoms with van der Waals surface area (Å²) in [5, 5.41) is 0. The third-order valence-electron chi connectivity index (χ3n) is 1.76. The van der Waals surface area contributed by atoms with E-state index in [9.17, 15) is 4.79 Å². The van der Waals surface area contributed by atoms with Crippen LogP contribution in [-0.2, 0) is 4.74 Å². The molecule has 1 aromatic rings. The van der Waals surface area contributed by atoms with E-state index in [-0.39, 0.29) is 5.97 Å². The molecule has 0 aliphatic heterocycles. The molecule has 1 rings (SSSR count). The number of hydrogen-bond acceptors (Lipinski definition) is 4. The minimum Gasteiger partial charge on any atom is -0.478 e. The third kappa shape index (κ3) is 2.22. The van der Waals surface area contributed by atoms with Gasteiger partial charge in [0.15, 0.2) is 0 Å². The van der Waals surface area contributed by atoms with Crippen LogP contribution in [0.4, 0.5) is 0 Å². The van der Waals surface area contributed by atoms with Crippen LogP contribution < -0.4 is 4.74 Å². The van der Waals surface area contributed by atoms with E-state index in [2.05, 4.69) is 9.72 Å². The quantitative estimate of drug-likeness (QED) is 0.687. The number of aromatic nitrogens is 1. The summed E-state index contributed by atoms with van der Waals surface area (Å²) < 4.78 is 9.79. The summed E-state index contributed by atoms with van der Waals surface area (Å²) >= 11 is 0. The molecule has 0 aliphatic rings. The third-order valence-corrected chi connectivity index (χ3v) is 1.76. The Hall–Kier alpha value is -1.58. The van der Waals surface area contributed by atoms with Crippen molar-refractivity contribution in [2.24, 2.45) is 0 Å². The number of rotatable bonds is 3. The number of carbonyl (C=O) groups is 1. The van der Waals surface area contributed by atoms with Crippen molar-refractivity contribution in [1.29, 1.82) is 0 Å². The highest BCUT2D eigenvalue weighted by Gasteiger charge is 2.10. The summed E-state index contributed by atoms with van der Waals surface area (Å²) in [6.45, 7) is 4.18. The molecule has 0 unspecified atom stereocenters. The van der Waals surface area contributed by atoms with E-state index in [1.54, 1.807) is 19.1 Å². The van der Waals surface area contributed by atoms with Gasteiger partial charge >= 0.3 is 5.97 Å². The summed E-state index contributed by atoms with van der Waals surface area (Å²) in [5.41, 5.74) is 1.08. The fraction of sp³-hybridized carbons (Fsp3) is 0.400. The van der Waals surface area contributed by atoms with E-state index in [4.69, 9.17) is 4.74 Å². The summed E-state index contributed by atoms with van der Waals surface area (Å²) in [6, 6.07) is 3.31. The highest BCUT2D eigenvalue weighted by Crippen LogP contribution is 2.13. The predicted octanol–water partition coefficient (Wildman–Crippen LogP) is 1.58. The molecule has 4 heteroatoms. The van der Waals surface area contributed by atoms with E-state index in [1.807, 2.05) is 6.92 Å². The van der Waals surface area contributed by atoms with Crippen molar-refractivity contribution in [3.63, 3.8) is 0 Å². The van der Waals surface area contributed by atoms with Crippen LogP contribution in [0.5, 0.6) is 5.88 Å². The molecular formula is C10H13NO3. The van der Waals surface area contributed by atoms with Crippen molar-refractivity contribution in [2.45, 2.75) is 13.8 Å². The van der Waals surface area contributed by atoms with Gasteiger partial charge in [-0.1, -0.05) is 0 Å². The molecule has 0 atom stereocenters. The summed E-state index contributed by atoms with van der Waals surface area (Å²) in [5.74, 6) is 0.149. The monoisotopic (exact) mass is 195 g/mol. The molecular weight excluding hydrogens is 182 g/mol. The second-order valence-corrected chi connectivity index (χ2v) is 2.71. The smallest absolute Gasteiger partial charge is 0.339 e. The Bertz CT molecular complexity index is 336. The number of nitrogens with zero attached hydrogens (tertiary/aromatic N) is 1. The van der Waals surface area contributed by atoms with Crippen LogP contribution in [0.25, 0.3) is 0 Å². The molecule has 0 radical (unpaired) electrons. The Morgan fingerprint density at radius 2 is 2.21 bits per heavy atom. The zero-order chi connectivity index (χ0) is 10.6. The van der Waals surface area contributed by atoms with Gasteiger partial charge in [-0.05, 0) is 19.9 Å². The molecule has 0 fully saturated rings. The van der Waals surface area contributed by atoms with Crippen molar-refractivity contribution < 1.29 is 14.3 Å². The summed E-state index contributed by atoms with van der Waals surface area (Å²) in [6.07, 6.45) is 0. The average molecular weight is 195 g/mol. The van der Waals surface area contributed by atoms with Gasteiger partial charge in [0.1, 0.15) is 0 Å². The fourth-order valence-corrected chi connectivity index (χ4v) is 1.09. The zero-order valence-corrected chi connectivity index (χ0v) is 8.53. The van der Waals surface area contributed by atoms with E-state index in [0.717, 1.165) is 0 Å². The van der Waals surface area contributed by atoms with Gasteiger partial charge < -0.3 is 9.47 Å². The molecule has 0 N–H and O–H groups in total. The molecule has 0 saturated carbocycles. The molecule has 0 aromatic carbocycles. The first kappa shape index (κ1) is 10.5. The van der Waals surface area contributed by atoms with Gasteiger partial charge in [-0.25, -0.2) is 9.78 Å².